The van der Waals surface area contributed by atoms with E-state index >= 15 is 0 Å². The molecule has 0 atom stereocenters. The monoisotopic (exact) mass is 202 g/mol. The van der Waals surface area contributed by atoms with E-state index in [2.05, 4.69) is 0 Å². The number of hydrogen-bond donors (Lipinski definition) is 1. The van der Waals surface area contributed by atoms with Gasteiger partial charge in [-0.1, -0.05) is 6.42 Å². The third-order valence-corrected chi connectivity index (χ3v) is 2.31. The molecule has 1 aromatic rings. The van der Waals surface area contributed by atoms with Gasteiger partial charge in [0.2, 0.25) is 0 Å². The summed E-state index contributed by atoms with van der Waals surface area (Å²) in [5.74, 6) is 1.64. The molecular weight excluding hydrogens is 188 g/mol. The highest BCUT2D eigenvalue weighted by atomic mass is 35.5. The van der Waals surface area contributed by atoms with Crippen LogP contribution in [0.5, 0.6) is 0 Å². The molecule has 74 valence electrons. The number of furan rings is 1. The van der Waals surface area contributed by atoms with Crippen molar-refractivity contribution in [2.45, 2.75) is 32.3 Å². The summed E-state index contributed by atoms with van der Waals surface area (Å²) < 4.78 is 5.24. The second-order valence-electron chi connectivity index (χ2n) is 3.03. The predicted molar refractivity (Wildman–Crippen MR) is 52.9 cm³/mol. The molecule has 0 aromatic carbocycles. The van der Waals surface area contributed by atoms with Crippen molar-refractivity contribution in [2.75, 3.05) is 5.88 Å². The van der Waals surface area contributed by atoms with Crippen LogP contribution >= 0.6 is 11.6 Å². The van der Waals surface area contributed by atoms with Crippen LogP contribution in [0.4, 0.5) is 0 Å². The first-order chi connectivity index (χ1) is 6.38. The van der Waals surface area contributed by atoms with Crippen LogP contribution in [0.15, 0.2) is 16.7 Å². The maximum Gasteiger partial charge on any atom is 0.109 e. The van der Waals surface area contributed by atoms with Gasteiger partial charge in [0, 0.05) is 17.9 Å². The van der Waals surface area contributed by atoms with E-state index in [0.29, 0.717) is 0 Å². The first-order valence-electron chi connectivity index (χ1n) is 4.60. The lowest BCUT2D eigenvalue weighted by molar-refractivity contribution is 0.278. The molecule has 13 heavy (non-hydrogen) atoms. The first kappa shape index (κ1) is 10.6. The molecule has 2 nitrogen and oxygen atoms in total. The molecule has 0 aliphatic heterocycles. The molecule has 1 N–H and O–H groups in total. The summed E-state index contributed by atoms with van der Waals surface area (Å²) in [6, 6.07) is 1.82. The Labute approximate surface area is 83.5 Å². The minimum absolute atomic E-state index is 0.0708. The predicted octanol–water partition coefficient (Wildman–Crippen LogP) is 2.72. The minimum Gasteiger partial charge on any atom is -0.469 e. The Kier molecular flexibility index (Phi) is 4.94. The fourth-order valence-corrected chi connectivity index (χ4v) is 1.47. The number of hydrogen-bond acceptors (Lipinski definition) is 2. The highest BCUT2D eigenvalue weighted by Gasteiger charge is 2.03. The summed E-state index contributed by atoms with van der Waals surface area (Å²) in [5.41, 5.74) is 0.908. The number of rotatable bonds is 6. The minimum atomic E-state index is 0.0708. The number of unbranched alkanes of at least 4 members (excludes halogenated alkanes) is 2. The highest BCUT2D eigenvalue weighted by Crippen LogP contribution is 2.14. The summed E-state index contributed by atoms with van der Waals surface area (Å²) >= 11 is 5.56. The standard InChI is InChI=1S/C10H15ClO2/c11-6-3-1-2-4-10-9(8-12)5-7-13-10/h5,7,12H,1-4,6,8H2. The SMILES string of the molecule is OCc1ccoc1CCCCCCl. The molecule has 0 fully saturated rings. The lowest BCUT2D eigenvalue weighted by atomic mass is 10.1. The van der Waals surface area contributed by atoms with Crippen molar-refractivity contribution in [3.8, 4) is 0 Å². The Morgan fingerprint density at radius 2 is 2.15 bits per heavy atom. The number of aryl methyl sites for hydroxylation is 1. The van der Waals surface area contributed by atoms with Crippen molar-refractivity contribution in [1.29, 1.82) is 0 Å². The second kappa shape index (κ2) is 6.06. The smallest absolute Gasteiger partial charge is 0.109 e. The molecule has 0 unspecified atom stereocenters. The van der Waals surface area contributed by atoms with Crippen LogP contribution in [0.25, 0.3) is 0 Å². The Bertz CT molecular complexity index is 233. The summed E-state index contributed by atoms with van der Waals surface area (Å²) in [7, 11) is 0. The molecule has 0 aliphatic carbocycles. The van der Waals surface area contributed by atoms with Gasteiger partial charge in [-0.2, -0.15) is 0 Å². The van der Waals surface area contributed by atoms with Crippen LogP contribution in [0.3, 0.4) is 0 Å². The molecule has 3 heteroatoms. The average Bonchev–Trinajstić information content (AvgIpc) is 2.60. The van der Waals surface area contributed by atoms with Crippen LogP contribution in [0.2, 0.25) is 0 Å². The lowest BCUT2D eigenvalue weighted by Crippen LogP contribution is -1.90. The first-order valence-corrected chi connectivity index (χ1v) is 5.14. The van der Waals surface area contributed by atoms with Gasteiger partial charge in [-0.05, 0) is 18.9 Å². The highest BCUT2D eigenvalue weighted by molar-refractivity contribution is 6.17. The zero-order chi connectivity index (χ0) is 9.52. The maximum absolute atomic E-state index is 8.93. The summed E-state index contributed by atoms with van der Waals surface area (Å²) in [6.07, 6.45) is 5.78. The van der Waals surface area contributed by atoms with Crippen LogP contribution < -0.4 is 0 Å². The average molecular weight is 203 g/mol. The van der Waals surface area contributed by atoms with Gasteiger partial charge in [-0.15, -0.1) is 11.6 Å². The maximum atomic E-state index is 8.93. The molecule has 1 aromatic heterocycles. The Morgan fingerprint density at radius 3 is 2.85 bits per heavy atom. The third kappa shape index (κ3) is 3.41. The Morgan fingerprint density at radius 1 is 1.31 bits per heavy atom. The molecule has 0 bridgehead atoms. The van der Waals surface area contributed by atoms with Crippen LogP contribution in [-0.2, 0) is 13.0 Å². The van der Waals surface area contributed by atoms with Crippen LogP contribution in [0.1, 0.15) is 30.6 Å². The van der Waals surface area contributed by atoms with E-state index < -0.39 is 0 Å². The van der Waals surface area contributed by atoms with Crippen molar-refractivity contribution in [3.05, 3.63) is 23.7 Å². The van der Waals surface area contributed by atoms with Crippen molar-refractivity contribution >= 4 is 11.6 Å². The third-order valence-electron chi connectivity index (χ3n) is 2.05. The quantitative estimate of drug-likeness (QED) is 0.569. The van der Waals surface area contributed by atoms with Gasteiger partial charge in [-0.3, -0.25) is 0 Å². The van der Waals surface area contributed by atoms with Gasteiger partial charge in [0.1, 0.15) is 5.76 Å². The number of halogens is 1. The van der Waals surface area contributed by atoms with E-state index in [9.17, 15) is 0 Å². The Hall–Kier alpha value is -0.470. The van der Waals surface area contributed by atoms with Gasteiger partial charge in [0.25, 0.3) is 0 Å². The van der Waals surface area contributed by atoms with Crippen LogP contribution in [0, 0.1) is 0 Å². The van der Waals surface area contributed by atoms with Gasteiger partial charge in [0.05, 0.1) is 12.9 Å². The molecule has 1 rings (SSSR count). The summed E-state index contributed by atoms with van der Waals surface area (Å²) in [6.45, 7) is 0.0708. The molecule has 0 amide bonds. The Balaban J connectivity index is 2.27. The largest absolute Gasteiger partial charge is 0.469 e. The number of alkyl halides is 1. The molecule has 0 aliphatic rings. The van der Waals surface area contributed by atoms with E-state index in [1.165, 1.54) is 0 Å². The molecular formula is C10H15ClO2. The van der Waals surface area contributed by atoms with E-state index in [1.54, 1.807) is 6.26 Å². The molecule has 0 saturated heterocycles. The number of aliphatic hydroxyl groups excluding tert-OH is 1. The zero-order valence-corrected chi connectivity index (χ0v) is 8.39. The topological polar surface area (TPSA) is 33.4 Å². The van der Waals surface area contributed by atoms with Gasteiger partial charge in [0.15, 0.2) is 0 Å². The van der Waals surface area contributed by atoms with Gasteiger partial charge in [-0.25, -0.2) is 0 Å². The molecule has 1 heterocycles. The van der Waals surface area contributed by atoms with E-state index in [1.807, 2.05) is 6.07 Å². The fourth-order valence-electron chi connectivity index (χ4n) is 1.28. The zero-order valence-electron chi connectivity index (χ0n) is 7.63. The summed E-state index contributed by atoms with van der Waals surface area (Å²) in [4.78, 5) is 0. The van der Waals surface area contributed by atoms with Gasteiger partial charge < -0.3 is 9.52 Å². The van der Waals surface area contributed by atoms with Crippen molar-refractivity contribution in [3.63, 3.8) is 0 Å². The molecule has 0 saturated carbocycles. The van der Waals surface area contributed by atoms with Crippen molar-refractivity contribution in [1.82, 2.24) is 0 Å². The summed E-state index contributed by atoms with van der Waals surface area (Å²) in [5, 5.41) is 8.93. The van der Waals surface area contributed by atoms with Gasteiger partial charge >= 0.3 is 0 Å². The normalized spacial score (nSPS) is 10.6. The van der Waals surface area contributed by atoms with Crippen LogP contribution in [-0.4, -0.2) is 11.0 Å². The molecule has 0 spiro atoms. The fraction of sp³-hybridized carbons (Fsp3) is 0.600. The second-order valence-corrected chi connectivity index (χ2v) is 3.40. The molecule has 0 radical (unpaired) electrons. The van der Waals surface area contributed by atoms with E-state index in [0.717, 1.165) is 42.9 Å². The lowest BCUT2D eigenvalue weighted by Gasteiger charge is -1.99. The van der Waals surface area contributed by atoms with Crippen molar-refractivity contribution < 1.29 is 9.52 Å². The van der Waals surface area contributed by atoms with Crippen molar-refractivity contribution in [2.24, 2.45) is 0 Å². The number of aliphatic hydroxyl groups is 1. The van der Waals surface area contributed by atoms with E-state index in [-0.39, 0.29) is 6.61 Å². The van der Waals surface area contributed by atoms with E-state index in [4.69, 9.17) is 21.1 Å².